The van der Waals surface area contributed by atoms with E-state index in [0.717, 1.165) is 26.9 Å². The molecule has 0 atom stereocenters. The van der Waals surface area contributed by atoms with Crippen LogP contribution in [0.2, 0.25) is 0 Å². The van der Waals surface area contributed by atoms with Crippen molar-refractivity contribution >= 4 is 40.5 Å². The van der Waals surface area contributed by atoms with Gasteiger partial charge in [0.15, 0.2) is 0 Å². The molecule has 1 aromatic heterocycles. The molecule has 4 rings (SSSR count). The molecule has 0 bridgehead atoms. The molecule has 0 unspecified atom stereocenters. The fraction of sp³-hybridized carbons (Fsp3) is 0.0870. The molecule has 4 amide bonds. The number of hydrogen-bond donors (Lipinski definition) is 1. The van der Waals surface area contributed by atoms with Gasteiger partial charge < -0.3 is 4.57 Å². The topological polar surface area (TPSA) is 71.4 Å². The van der Waals surface area contributed by atoms with E-state index in [4.69, 9.17) is 0 Å². The summed E-state index contributed by atoms with van der Waals surface area (Å²) < 4.78 is 1.99. The predicted molar refractivity (Wildman–Crippen MR) is 112 cm³/mol. The minimum absolute atomic E-state index is 0.0910. The van der Waals surface area contributed by atoms with Crippen molar-refractivity contribution in [1.82, 2.24) is 9.88 Å². The fourth-order valence-electron chi connectivity index (χ4n) is 3.42. The normalized spacial score (nSPS) is 15.8. The van der Waals surface area contributed by atoms with E-state index in [1.807, 2.05) is 42.0 Å². The summed E-state index contributed by atoms with van der Waals surface area (Å²) in [6.07, 6.45) is 5.18. The fourth-order valence-corrected chi connectivity index (χ4v) is 3.42. The highest BCUT2D eigenvalue weighted by atomic mass is 16.2. The number of benzene rings is 2. The third-order valence-electron chi connectivity index (χ3n) is 4.84. The minimum atomic E-state index is -0.755. The van der Waals surface area contributed by atoms with E-state index in [0.29, 0.717) is 12.2 Å². The SMILES string of the molecule is C=CCn1cc(C=C2C(=O)NC(=O)N(c3ccc(C)cc3)C2=O)c2ccccc21. The first-order chi connectivity index (χ1) is 14.0. The number of urea groups is 1. The summed E-state index contributed by atoms with van der Waals surface area (Å²) in [4.78, 5) is 38.8. The van der Waals surface area contributed by atoms with Gasteiger partial charge in [0.2, 0.25) is 0 Å². The minimum Gasteiger partial charge on any atom is -0.343 e. The van der Waals surface area contributed by atoms with E-state index in [2.05, 4.69) is 11.9 Å². The molecule has 6 heteroatoms. The highest BCUT2D eigenvalue weighted by Gasteiger charge is 2.36. The van der Waals surface area contributed by atoms with E-state index in [1.165, 1.54) is 6.08 Å². The maximum absolute atomic E-state index is 13.1. The average Bonchev–Trinajstić information content (AvgIpc) is 3.04. The second-order valence-corrected chi connectivity index (χ2v) is 6.84. The van der Waals surface area contributed by atoms with E-state index in [1.54, 1.807) is 30.3 Å². The number of allylic oxidation sites excluding steroid dienone is 1. The number of nitrogens with one attached hydrogen (secondary N) is 1. The predicted octanol–water partition coefficient (Wildman–Crippen LogP) is 3.80. The monoisotopic (exact) mass is 385 g/mol. The van der Waals surface area contributed by atoms with Gasteiger partial charge >= 0.3 is 6.03 Å². The lowest BCUT2D eigenvalue weighted by Gasteiger charge is -2.26. The third-order valence-corrected chi connectivity index (χ3v) is 4.84. The van der Waals surface area contributed by atoms with Gasteiger partial charge in [-0.25, -0.2) is 9.69 Å². The van der Waals surface area contributed by atoms with Crippen molar-refractivity contribution in [2.45, 2.75) is 13.5 Å². The molecule has 1 N–H and O–H groups in total. The molecule has 0 radical (unpaired) electrons. The van der Waals surface area contributed by atoms with E-state index in [-0.39, 0.29) is 5.57 Å². The van der Waals surface area contributed by atoms with E-state index in [9.17, 15) is 14.4 Å². The zero-order valence-corrected chi connectivity index (χ0v) is 15.9. The molecule has 1 fully saturated rings. The molecular weight excluding hydrogens is 366 g/mol. The Morgan fingerprint density at radius 3 is 2.48 bits per heavy atom. The Morgan fingerprint density at radius 2 is 1.76 bits per heavy atom. The number of imide groups is 2. The highest BCUT2D eigenvalue weighted by molar-refractivity contribution is 6.39. The molecule has 2 heterocycles. The van der Waals surface area contributed by atoms with Crippen molar-refractivity contribution in [2.75, 3.05) is 4.90 Å². The van der Waals surface area contributed by atoms with Crippen molar-refractivity contribution in [3.05, 3.63) is 84.1 Å². The molecule has 1 saturated heterocycles. The van der Waals surface area contributed by atoms with Crippen LogP contribution in [0.25, 0.3) is 17.0 Å². The molecule has 0 aliphatic carbocycles. The zero-order valence-electron chi connectivity index (χ0n) is 15.9. The van der Waals surface area contributed by atoms with Crippen molar-refractivity contribution < 1.29 is 14.4 Å². The van der Waals surface area contributed by atoms with Gasteiger partial charge in [0.25, 0.3) is 11.8 Å². The molecule has 1 aliphatic heterocycles. The lowest BCUT2D eigenvalue weighted by molar-refractivity contribution is -0.122. The average molecular weight is 385 g/mol. The van der Waals surface area contributed by atoms with E-state index >= 15 is 0 Å². The Morgan fingerprint density at radius 1 is 1.03 bits per heavy atom. The summed E-state index contributed by atoms with van der Waals surface area (Å²) in [6.45, 7) is 6.28. The third kappa shape index (κ3) is 3.25. The van der Waals surface area contributed by atoms with Crippen LogP contribution in [0.15, 0.2) is 73.0 Å². The van der Waals surface area contributed by atoms with Crippen molar-refractivity contribution in [1.29, 1.82) is 0 Å². The number of rotatable bonds is 4. The van der Waals surface area contributed by atoms with E-state index < -0.39 is 17.8 Å². The standard InChI is InChI=1S/C23H19N3O3/c1-3-12-25-14-16(18-6-4-5-7-20(18)25)13-19-21(27)24-23(29)26(22(19)28)17-10-8-15(2)9-11-17/h3-11,13-14H,1,12H2,2H3,(H,24,27,29). The first-order valence-corrected chi connectivity index (χ1v) is 9.16. The van der Waals surface area contributed by atoms with Crippen LogP contribution >= 0.6 is 0 Å². The molecule has 3 aromatic rings. The number of aryl methyl sites for hydroxylation is 1. The van der Waals surface area contributed by atoms with Gasteiger partial charge in [-0.3, -0.25) is 14.9 Å². The van der Waals surface area contributed by atoms with Gasteiger partial charge in [-0.15, -0.1) is 6.58 Å². The molecule has 144 valence electrons. The van der Waals surface area contributed by atoms with Crippen LogP contribution in [0.4, 0.5) is 10.5 Å². The molecule has 1 aliphatic rings. The number of carbonyl (C=O) groups excluding carboxylic acids is 3. The van der Waals surface area contributed by atoms with Crippen LogP contribution < -0.4 is 10.2 Å². The summed E-state index contributed by atoms with van der Waals surface area (Å²) in [6, 6.07) is 13.9. The molecule has 6 nitrogen and oxygen atoms in total. The quantitative estimate of drug-likeness (QED) is 0.422. The van der Waals surface area contributed by atoms with Gasteiger partial charge in [0.05, 0.1) is 5.69 Å². The lowest BCUT2D eigenvalue weighted by Crippen LogP contribution is -2.54. The molecule has 0 saturated carbocycles. The number of aromatic nitrogens is 1. The number of fused-ring (bicyclic) bond motifs is 1. The van der Waals surface area contributed by atoms with Gasteiger partial charge in [0.1, 0.15) is 5.57 Å². The number of anilines is 1. The Bertz CT molecular complexity index is 1190. The number of carbonyl (C=O) groups is 3. The second kappa shape index (κ2) is 7.24. The van der Waals surface area contributed by atoms with Crippen LogP contribution in [0.3, 0.4) is 0 Å². The zero-order chi connectivity index (χ0) is 20.5. The van der Waals surface area contributed by atoms with Crippen LogP contribution in [0.5, 0.6) is 0 Å². The second-order valence-electron chi connectivity index (χ2n) is 6.84. The van der Waals surface area contributed by atoms with Crippen LogP contribution in [0.1, 0.15) is 11.1 Å². The number of nitrogens with zero attached hydrogens (tertiary/aromatic N) is 2. The largest absolute Gasteiger partial charge is 0.343 e. The number of amides is 4. The first-order valence-electron chi connectivity index (χ1n) is 9.16. The molecule has 29 heavy (non-hydrogen) atoms. The maximum atomic E-state index is 13.1. The summed E-state index contributed by atoms with van der Waals surface area (Å²) in [5, 5.41) is 3.16. The van der Waals surface area contributed by atoms with Gasteiger partial charge in [-0.2, -0.15) is 0 Å². The number of para-hydroxylation sites is 1. The summed E-state index contributed by atoms with van der Waals surface area (Å²) in [7, 11) is 0. The lowest BCUT2D eigenvalue weighted by atomic mass is 10.1. The smallest absolute Gasteiger partial charge is 0.335 e. The Labute approximate surface area is 167 Å². The summed E-state index contributed by atoms with van der Waals surface area (Å²) in [5.74, 6) is -1.35. The summed E-state index contributed by atoms with van der Waals surface area (Å²) >= 11 is 0. The van der Waals surface area contributed by atoms with Gasteiger partial charge in [-0.05, 0) is 31.2 Å². The number of barbiturate groups is 1. The Hall–Kier alpha value is -3.93. The molecule has 2 aromatic carbocycles. The molecule has 0 spiro atoms. The number of hydrogen-bond acceptors (Lipinski definition) is 3. The van der Waals surface area contributed by atoms with Crippen molar-refractivity contribution in [3.8, 4) is 0 Å². The van der Waals surface area contributed by atoms with Crippen molar-refractivity contribution in [2.24, 2.45) is 0 Å². The molecular formula is C23H19N3O3. The van der Waals surface area contributed by atoms with Crippen LogP contribution in [-0.4, -0.2) is 22.4 Å². The van der Waals surface area contributed by atoms with Crippen LogP contribution in [0, 0.1) is 6.92 Å². The Kier molecular flexibility index (Phi) is 4.60. The maximum Gasteiger partial charge on any atom is 0.335 e. The van der Waals surface area contributed by atoms with Gasteiger partial charge in [-0.1, -0.05) is 42.0 Å². The Balaban J connectivity index is 1.80. The first kappa shape index (κ1) is 18.4. The highest BCUT2D eigenvalue weighted by Crippen LogP contribution is 2.26. The van der Waals surface area contributed by atoms with Crippen LogP contribution in [-0.2, 0) is 16.1 Å². The van der Waals surface area contributed by atoms with Crippen molar-refractivity contribution in [3.63, 3.8) is 0 Å². The van der Waals surface area contributed by atoms with Gasteiger partial charge in [0, 0.05) is 29.2 Å². The summed E-state index contributed by atoms with van der Waals surface area (Å²) in [5.41, 5.74) is 3.01.